The lowest BCUT2D eigenvalue weighted by molar-refractivity contribution is -0.111. The third-order valence-electron chi connectivity index (χ3n) is 5.28. The molecule has 2 aromatic carbocycles. The van der Waals surface area contributed by atoms with Gasteiger partial charge in [-0.3, -0.25) is 9.78 Å². The first-order valence-electron chi connectivity index (χ1n) is 10.7. The first kappa shape index (κ1) is 25.1. The van der Waals surface area contributed by atoms with Crippen molar-refractivity contribution in [1.29, 1.82) is 5.26 Å². The van der Waals surface area contributed by atoms with Crippen molar-refractivity contribution in [3.05, 3.63) is 64.5 Å². The van der Waals surface area contributed by atoms with E-state index in [1.54, 1.807) is 24.3 Å². The molecule has 0 spiro atoms. The van der Waals surface area contributed by atoms with E-state index in [9.17, 15) is 14.4 Å². The second-order valence-electron chi connectivity index (χ2n) is 7.36. The molecule has 0 bridgehead atoms. The first-order chi connectivity index (χ1) is 16.4. The summed E-state index contributed by atoms with van der Waals surface area (Å²) in [6.07, 6.45) is 4.75. The van der Waals surface area contributed by atoms with E-state index in [4.69, 9.17) is 4.74 Å². The molecule has 0 saturated carbocycles. The molecular formula is C25H25BrFN5O2. The summed E-state index contributed by atoms with van der Waals surface area (Å²) in [5.41, 5.74) is 2.37. The lowest BCUT2D eigenvalue weighted by Crippen LogP contribution is -2.23. The minimum absolute atomic E-state index is 0.292. The van der Waals surface area contributed by atoms with Gasteiger partial charge in [-0.1, -0.05) is 19.9 Å². The van der Waals surface area contributed by atoms with Gasteiger partial charge in [-0.05, 0) is 53.3 Å². The minimum atomic E-state index is -0.394. The molecule has 1 aromatic heterocycles. The predicted molar refractivity (Wildman–Crippen MR) is 136 cm³/mol. The lowest BCUT2D eigenvalue weighted by atomic mass is 10.1. The highest BCUT2D eigenvalue weighted by Crippen LogP contribution is 2.36. The summed E-state index contributed by atoms with van der Waals surface area (Å²) in [5.74, 6) is -0.258. The average Bonchev–Trinajstić information content (AvgIpc) is 2.84. The number of nitrogens with one attached hydrogen (secondary N) is 2. The predicted octanol–water partition coefficient (Wildman–Crippen LogP) is 5.60. The van der Waals surface area contributed by atoms with Crippen LogP contribution >= 0.6 is 15.9 Å². The number of carbonyl (C=O) groups excluding carboxylic acids is 1. The molecule has 0 aliphatic rings. The van der Waals surface area contributed by atoms with Crippen LogP contribution in [0.2, 0.25) is 0 Å². The van der Waals surface area contributed by atoms with Crippen LogP contribution in [0, 0.1) is 17.1 Å². The van der Waals surface area contributed by atoms with Gasteiger partial charge in [0, 0.05) is 36.0 Å². The SMILES string of the molecule is CCN(CC)C/C=C/C(=O)Nc1cc2c(Nc3ccc(F)c(Br)c3)c(C#N)cnc2cc1OC. The number of carbonyl (C=O) groups is 1. The lowest BCUT2D eigenvalue weighted by Gasteiger charge is -2.16. The Bertz CT molecular complexity index is 1270. The minimum Gasteiger partial charge on any atom is -0.494 e. The number of ether oxygens (including phenoxy) is 1. The molecule has 9 heteroatoms. The molecule has 176 valence electrons. The first-order valence-corrected chi connectivity index (χ1v) is 11.5. The molecule has 0 radical (unpaired) electrons. The van der Waals surface area contributed by atoms with Crippen LogP contribution in [0.15, 0.2) is 53.2 Å². The molecule has 0 fully saturated rings. The Morgan fingerprint density at radius 3 is 2.71 bits per heavy atom. The van der Waals surface area contributed by atoms with Crippen molar-refractivity contribution in [3.63, 3.8) is 0 Å². The van der Waals surface area contributed by atoms with Crippen molar-refractivity contribution >= 4 is 49.8 Å². The van der Waals surface area contributed by atoms with E-state index in [1.807, 2.05) is 6.08 Å². The van der Waals surface area contributed by atoms with Crippen molar-refractivity contribution in [3.8, 4) is 11.8 Å². The Balaban J connectivity index is 1.98. The summed E-state index contributed by atoms with van der Waals surface area (Å²) in [5, 5.41) is 16.3. The Morgan fingerprint density at radius 1 is 1.29 bits per heavy atom. The third-order valence-corrected chi connectivity index (χ3v) is 5.89. The van der Waals surface area contributed by atoms with Crippen LogP contribution < -0.4 is 15.4 Å². The van der Waals surface area contributed by atoms with Crippen LogP contribution in [-0.2, 0) is 4.79 Å². The highest BCUT2D eigenvalue weighted by atomic mass is 79.9. The van der Waals surface area contributed by atoms with Crippen LogP contribution in [0.5, 0.6) is 5.75 Å². The Morgan fingerprint density at radius 2 is 2.06 bits per heavy atom. The quantitative estimate of drug-likeness (QED) is 0.353. The number of pyridine rings is 1. The molecule has 34 heavy (non-hydrogen) atoms. The maximum absolute atomic E-state index is 13.7. The van der Waals surface area contributed by atoms with E-state index in [0.717, 1.165) is 13.1 Å². The molecule has 3 aromatic rings. The number of benzene rings is 2. The largest absolute Gasteiger partial charge is 0.494 e. The molecule has 1 amide bonds. The van der Waals surface area contributed by atoms with E-state index in [2.05, 4.69) is 56.4 Å². The third kappa shape index (κ3) is 5.90. The standard InChI is InChI=1S/C25H25BrFN5O2/c1-4-32(5-2)10-6-7-24(33)31-22-12-18-21(13-23(22)34-3)29-15-16(14-28)25(18)30-17-8-9-20(27)19(26)11-17/h6-9,11-13,15H,4-5,10H2,1-3H3,(H,29,30)(H,31,33)/b7-6+. The molecule has 7 nitrogen and oxygen atoms in total. The van der Waals surface area contributed by atoms with Gasteiger partial charge in [0.15, 0.2) is 0 Å². The van der Waals surface area contributed by atoms with Crippen LogP contribution in [0.1, 0.15) is 19.4 Å². The maximum atomic E-state index is 13.7. The van der Waals surface area contributed by atoms with Gasteiger partial charge in [-0.25, -0.2) is 4.39 Å². The topological polar surface area (TPSA) is 90.3 Å². The Kier molecular flexibility index (Phi) is 8.57. The van der Waals surface area contributed by atoms with Crippen LogP contribution in [-0.4, -0.2) is 42.5 Å². The van der Waals surface area contributed by atoms with Gasteiger partial charge in [0.05, 0.1) is 34.0 Å². The molecule has 0 saturated heterocycles. The summed E-state index contributed by atoms with van der Waals surface area (Å²) in [7, 11) is 1.51. The van der Waals surface area contributed by atoms with Crippen LogP contribution in [0.3, 0.4) is 0 Å². The molecule has 0 atom stereocenters. The summed E-state index contributed by atoms with van der Waals surface area (Å²) < 4.78 is 19.4. The second kappa shape index (κ2) is 11.6. The number of nitrogens with zero attached hydrogens (tertiary/aromatic N) is 3. The van der Waals surface area contributed by atoms with Gasteiger partial charge >= 0.3 is 0 Å². The zero-order valence-electron chi connectivity index (χ0n) is 19.2. The maximum Gasteiger partial charge on any atom is 0.248 e. The monoisotopic (exact) mass is 525 g/mol. The summed E-state index contributed by atoms with van der Waals surface area (Å²) in [6, 6.07) is 10.00. The molecule has 1 heterocycles. The van der Waals surface area contributed by atoms with E-state index >= 15 is 0 Å². The van der Waals surface area contributed by atoms with Gasteiger partial charge in [-0.15, -0.1) is 0 Å². The Hall–Kier alpha value is -3.48. The number of aromatic nitrogens is 1. The number of rotatable bonds is 9. The number of anilines is 3. The van der Waals surface area contributed by atoms with Crippen molar-refractivity contribution in [2.24, 2.45) is 0 Å². The molecule has 0 aliphatic carbocycles. The fourth-order valence-corrected chi connectivity index (χ4v) is 3.77. The van der Waals surface area contributed by atoms with E-state index in [1.165, 1.54) is 25.4 Å². The number of amides is 1. The van der Waals surface area contributed by atoms with Gasteiger partial charge < -0.3 is 20.3 Å². The highest BCUT2D eigenvalue weighted by molar-refractivity contribution is 9.10. The van der Waals surface area contributed by atoms with Gasteiger partial charge in [0.2, 0.25) is 5.91 Å². The smallest absolute Gasteiger partial charge is 0.248 e. The molecule has 0 aliphatic heterocycles. The van der Waals surface area contributed by atoms with Crippen LogP contribution in [0.4, 0.5) is 21.5 Å². The molecule has 2 N–H and O–H groups in total. The van der Waals surface area contributed by atoms with Gasteiger partial charge in [-0.2, -0.15) is 5.26 Å². The number of likely N-dealkylation sites (N-methyl/N-ethyl adjacent to an activating group) is 1. The number of hydrogen-bond donors (Lipinski definition) is 2. The number of halogens is 2. The fourth-order valence-electron chi connectivity index (χ4n) is 3.39. The number of nitriles is 1. The van der Waals surface area contributed by atoms with Crippen molar-refractivity contribution in [2.75, 3.05) is 37.4 Å². The van der Waals surface area contributed by atoms with E-state index in [-0.39, 0.29) is 5.91 Å². The highest BCUT2D eigenvalue weighted by Gasteiger charge is 2.15. The summed E-state index contributed by atoms with van der Waals surface area (Å²) in [6.45, 7) is 6.60. The molecular weight excluding hydrogens is 501 g/mol. The van der Waals surface area contributed by atoms with Crippen molar-refractivity contribution in [1.82, 2.24) is 9.88 Å². The zero-order chi connectivity index (χ0) is 24.7. The number of hydrogen-bond acceptors (Lipinski definition) is 6. The zero-order valence-corrected chi connectivity index (χ0v) is 20.7. The molecule has 0 unspecified atom stereocenters. The van der Waals surface area contributed by atoms with Crippen LogP contribution in [0.25, 0.3) is 10.9 Å². The number of fused-ring (bicyclic) bond motifs is 1. The molecule has 3 rings (SSSR count). The fraction of sp³-hybridized carbons (Fsp3) is 0.240. The summed E-state index contributed by atoms with van der Waals surface area (Å²) >= 11 is 3.18. The average molecular weight is 526 g/mol. The van der Waals surface area contributed by atoms with Gasteiger partial charge in [0.25, 0.3) is 0 Å². The van der Waals surface area contributed by atoms with Crippen molar-refractivity contribution in [2.45, 2.75) is 13.8 Å². The van der Waals surface area contributed by atoms with Crippen molar-refractivity contribution < 1.29 is 13.9 Å². The normalized spacial score (nSPS) is 11.1. The number of methoxy groups -OCH3 is 1. The van der Waals surface area contributed by atoms with Gasteiger partial charge in [0.1, 0.15) is 17.6 Å². The summed E-state index contributed by atoms with van der Waals surface area (Å²) in [4.78, 5) is 19.1. The Labute approximate surface area is 206 Å². The second-order valence-corrected chi connectivity index (χ2v) is 8.21. The van der Waals surface area contributed by atoms with E-state index in [0.29, 0.717) is 50.3 Å². The van der Waals surface area contributed by atoms with E-state index < -0.39 is 5.82 Å².